The van der Waals surface area contributed by atoms with Crippen LogP contribution in [0.2, 0.25) is 0 Å². The first-order chi connectivity index (χ1) is 29.0. The molecule has 3 N–H and O–H groups in total. The molecule has 5 fully saturated rings. The van der Waals surface area contributed by atoms with E-state index in [1.807, 2.05) is 19.9 Å². The summed E-state index contributed by atoms with van der Waals surface area (Å²) >= 11 is 6.39. The van der Waals surface area contributed by atoms with Crippen LogP contribution >= 0.6 is 11.6 Å². The average molecular weight is 871 g/mol. The molecule has 4 aromatic rings. The van der Waals surface area contributed by atoms with Gasteiger partial charge < -0.3 is 20.4 Å². The first-order valence-corrected chi connectivity index (χ1v) is 24.1. The van der Waals surface area contributed by atoms with Crippen LogP contribution in [0.3, 0.4) is 0 Å². The zero-order valence-corrected chi connectivity index (χ0v) is 37.6. The summed E-state index contributed by atoms with van der Waals surface area (Å²) in [7, 11) is -4.20. The van der Waals surface area contributed by atoms with Crippen LogP contribution in [0.15, 0.2) is 77.0 Å². The molecular formula is C48H60ClN5O6S. The average Bonchev–Trinajstić information content (AvgIpc) is 3.63. The molecule has 0 radical (unpaired) electrons. The van der Waals surface area contributed by atoms with Gasteiger partial charge in [-0.05, 0) is 143 Å². The number of rotatable bonds is 15. The smallest absolute Gasteiger partial charge is 0.273 e. The number of nitrogens with one attached hydrogen (secondary N) is 1. The number of nitro groups is 1. The number of nitro benzene ring substituents is 1. The third-order valence-electron chi connectivity index (χ3n) is 14.6. The second kappa shape index (κ2) is 16.5. The number of aromatic nitrogens is 2. The number of nitrogens with zero attached hydrogens (tertiary/aromatic N) is 3. The van der Waals surface area contributed by atoms with Crippen molar-refractivity contribution in [2.45, 2.75) is 121 Å². The minimum atomic E-state index is -4.20. The predicted octanol–water partition coefficient (Wildman–Crippen LogP) is 10.9. The Morgan fingerprint density at radius 1 is 1.05 bits per heavy atom. The van der Waals surface area contributed by atoms with E-state index in [0.717, 1.165) is 43.2 Å². The molecule has 0 amide bonds. The van der Waals surface area contributed by atoms with Gasteiger partial charge >= 0.3 is 0 Å². The number of H-pyrrole nitrogens is 1. The number of aromatic amines is 1. The van der Waals surface area contributed by atoms with Gasteiger partial charge in [0.15, 0.2) is 15.6 Å². The highest BCUT2D eigenvalue weighted by Crippen LogP contribution is 2.75. The van der Waals surface area contributed by atoms with Crippen LogP contribution < -0.4 is 15.4 Å². The maximum Gasteiger partial charge on any atom is 0.273 e. The van der Waals surface area contributed by atoms with Gasteiger partial charge in [-0.3, -0.25) is 14.9 Å². The summed E-state index contributed by atoms with van der Waals surface area (Å²) in [5, 5.41) is 12.8. The minimum Gasteiger partial charge on any atom is -0.455 e. The maximum atomic E-state index is 13.6. The third-order valence-corrected chi connectivity index (χ3v) is 16.7. The van der Waals surface area contributed by atoms with Gasteiger partial charge in [-0.1, -0.05) is 37.5 Å². The quantitative estimate of drug-likeness (QED) is 0.0389. The number of pyridine rings is 1. The van der Waals surface area contributed by atoms with Crippen LogP contribution in [0.4, 0.5) is 11.4 Å². The van der Waals surface area contributed by atoms with Gasteiger partial charge in [0, 0.05) is 59.5 Å². The number of allylic oxidation sites excluding steroid dienone is 1. The SMILES string of the molecule is CC1(C)CCC(CN)=C(C23CC(Cl)(C2)C3)C1.CCN(CC)c1ccc(C(=O)CS(=O)(=O)c2ccc(CCC3CC4(CCC4)C3)c([N+](=O)[O-])c2)c(Oc2cnc3[nH]ccc3c2)c1. The Morgan fingerprint density at radius 3 is 2.43 bits per heavy atom. The molecule has 326 valence electrons. The van der Waals surface area contributed by atoms with Crippen LogP contribution in [0.5, 0.6) is 11.5 Å². The minimum absolute atomic E-state index is 0.0968. The van der Waals surface area contributed by atoms with Crippen LogP contribution in [0.25, 0.3) is 11.0 Å². The van der Waals surface area contributed by atoms with Crippen molar-refractivity contribution in [3.8, 4) is 11.5 Å². The lowest BCUT2D eigenvalue weighted by atomic mass is 9.39. The Labute approximate surface area is 364 Å². The van der Waals surface area contributed by atoms with Gasteiger partial charge in [-0.25, -0.2) is 13.4 Å². The van der Waals surface area contributed by atoms with Crippen LogP contribution in [-0.2, 0) is 16.3 Å². The van der Waals surface area contributed by atoms with Gasteiger partial charge in [0.25, 0.3) is 5.69 Å². The molecule has 6 aliphatic carbocycles. The van der Waals surface area contributed by atoms with E-state index in [9.17, 15) is 23.3 Å². The topological polar surface area (TPSA) is 162 Å². The molecule has 1 spiro atoms. The largest absolute Gasteiger partial charge is 0.455 e. The number of benzene rings is 2. The predicted molar refractivity (Wildman–Crippen MR) is 242 cm³/mol. The molecule has 2 aromatic carbocycles. The van der Waals surface area contributed by atoms with Crippen molar-refractivity contribution in [1.29, 1.82) is 0 Å². The summed E-state index contributed by atoms with van der Waals surface area (Å²) in [5.41, 5.74) is 12.6. The number of alkyl halides is 1. The fourth-order valence-corrected chi connectivity index (χ4v) is 13.1. The van der Waals surface area contributed by atoms with Crippen molar-refractivity contribution in [2.75, 3.05) is 30.3 Å². The molecule has 10 rings (SSSR count). The number of hydrogen-bond acceptors (Lipinski definition) is 9. The number of aryl methyl sites for hydroxylation is 1. The number of ketones is 1. The van der Waals surface area contributed by atoms with Crippen molar-refractivity contribution in [3.05, 3.63) is 93.3 Å². The first kappa shape index (κ1) is 43.4. The third kappa shape index (κ3) is 8.74. The summed E-state index contributed by atoms with van der Waals surface area (Å²) in [6.07, 6.45) is 18.4. The Kier molecular flexibility index (Phi) is 11.7. The Hall–Kier alpha value is -4.26. The second-order valence-corrected chi connectivity index (χ2v) is 22.3. The van der Waals surface area contributed by atoms with Crippen molar-refractivity contribution in [1.82, 2.24) is 9.97 Å². The van der Waals surface area contributed by atoms with Crippen LogP contribution in [0, 0.1) is 32.3 Å². The van der Waals surface area contributed by atoms with Crippen molar-refractivity contribution < 1.29 is 22.9 Å². The highest BCUT2D eigenvalue weighted by molar-refractivity contribution is 7.92. The molecule has 2 bridgehead atoms. The monoisotopic (exact) mass is 869 g/mol. The summed E-state index contributed by atoms with van der Waals surface area (Å²) in [6, 6.07) is 12.7. The Balaban J connectivity index is 0.000000266. The van der Waals surface area contributed by atoms with Gasteiger partial charge in [0.1, 0.15) is 22.9 Å². The number of Topliss-reactive ketones (excluding diaryl/α,β-unsaturated/α-hetero) is 1. The van der Waals surface area contributed by atoms with Crippen molar-refractivity contribution >= 4 is 49.6 Å². The Morgan fingerprint density at radius 2 is 1.79 bits per heavy atom. The van der Waals surface area contributed by atoms with E-state index in [0.29, 0.717) is 45.5 Å². The standard InChI is InChI=1S/C34H38N4O6S.C14H22ClN/c1-3-37(4-2)26-9-11-29(32(17-26)44-27-16-25-12-15-35-33(25)36-21-27)31(39)22-45(42,43)28-10-8-24(30(18-28)38(40)41)7-6-23-19-34(20-23)13-5-14-34;1-12(2)4-3-10(6-16)11(5-12)13-7-14(15,8-13)9-13/h8-12,15-18,21,23H,3-7,13-14,19-20,22H2,1-2H3,(H,35,36);3-9,16H2,1-2H3. The zero-order valence-electron chi connectivity index (χ0n) is 36.0. The molecule has 2 heterocycles. The lowest BCUT2D eigenvalue weighted by Crippen LogP contribution is -2.65. The molecule has 11 nitrogen and oxygen atoms in total. The first-order valence-electron chi connectivity index (χ1n) is 22.1. The number of ether oxygens (including phenoxy) is 1. The molecular weight excluding hydrogens is 810 g/mol. The van der Waals surface area contributed by atoms with E-state index >= 15 is 0 Å². The highest BCUT2D eigenvalue weighted by Gasteiger charge is 2.69. The van der Waals surface area contributed by atoms with Gasteiger partial charge in [0.2, 0.25) is 0 Å². The lowest BCUT2D eigenvalue weighted by molar-refractivity contribution is -0.385. The van der Waals surface area contributed by atoms with E-state index in [1.165, 1.54) is 89.0 Å². The maximum absolute atomic E-state index is 13.6. The van der Waals surface area contributed by atoms with Crippen LogP contribution in [0.1, 0.15) is 121 Å². The van der Waals surface area contributed by atoms with E-state index in [-0.39, 0.29) is 26.8 Å². The second-order valence-electron chi connectivity index (χ2n) is 19.5. The summed E-state index contributed by atoms with van der Waals surface area (Å²) in [5.74, 6) is -0.363. The Bertz CT molecular complexity index is 2460. The van der Waals surface area contributed by atoms with Crippen LogP contribution in [-0.4, -0.2) is 59.4 Å². The molecule has 13 heteroatoms. The van der Waals surface area contributed by atoms with E-state index in [1.54, 1.807) is 41.6 Å². The fraction of sp³-hybridized carbons (Fsp3) is 0.542. The molecule has 2 aromatic heterocycles. The van der Waals surface area contributed by atoms with Crippen molar-refractivity contribution in [2.24, 2.45) is 27.9 Å². The zero-order chi connectivity index (χ0) is 43.4. The lowest BCUT2D eigenvalue weighted by Gasteiger charge is -2.70. The summed E-state index contributed by atoms with van der Waals surface area (Å²) < 4.78 is 33.1. The molecule has 0 atom stereocenters. The van der Waals surface area contributed by atoms with Gasteiger partial charge in [-0.15, -0.1) is 11.6 Å². The van der Waals surface area contributed by atoms with Gasteiger partial charge in [0.05, 0.1) is 21.6 Å². The number of nitrogens with two attached hydrogens (primary N) is 1. The normalized spacial score (nSPS) is 23.5. The molecule has 6 aliphatic rings. The fourth-order valence-electron chi connectivity index (χ4n) is 11.1. The van der Waals surface area contributed by atoms with Crippen molar-refractivity contribution in [3.63, 3.8) is 0 Å². The molecule has 0 aliphatic heterocycles. The van der Waals surface area contributed by atoms with E-state index in [4.69, 9.17) is 22.1 Å². The number of sulfone groups is 1. The summed E-state index contributed by atoms with van der Waals surface area (Å²) in [4.78, 5) is 34.4. The highest BCUT2D eigenvalue weighted by atomic mass is 35.5. The van der Waals surface area contributed by atoms with Gasteiger partial charge in [-0.2, -0.15) is 0 Å². The van der Waals surface area contributed by atoms with E-state index in [2.05, 4.69) is 28.7 Å². The number of halogens is 1. The number of fused-ring (bicyclic) bond motifs is 1. The summed E-state index contributed by atoms with van der Waals surface area (Å²) in [6.45, 7) is 11.0. The number of hydrogen-bond donors (Lipinski definition) is 2. The molecule has 0 saturated heterocycles. The molecule has 5 saturated carbocycles. The number of carbonyl (C=O) groups is 1. The molecule has 0 unspecified atom stereocenters. The van der Waals surface area contributed by atoms with E-state index < -0.39 is 26.3 Å². The number of carbonyl (C=O) groups excluding carboxylic acids is 1. The number of anilines is 1. The molecule has 61 heavy (non-hydrogen) atoms.